The second kappa shape index (κ2) is 8.93. The molecule has 0 saturated heterocycles. The molecule has 7 nitrogen and oxygen atoms in total. The van der Waals surface area contributed by atoms with E-state index in [0.29, 0.717) is 29.4 Å². The monoisotopic (exact) mass is 372 g/mol. The summed E-state index contributed by atoms with van der Waals surface area (Å²) in [6, 6.07) is 13.8. The zero-order valence-electron chi connectivity index (χ0n) is 15.6. The molecule has 0 aliphatic rings. The number of urea groups is 1. The van der Waals surface area contributed by atoms with Crippen LogP contribution in [0.2, 0.25) is 0 Å². The lowest BCUT2D eigenvalue weighted by atomic mass is 9.99. The zero-order chi connectivity index (χ0) is 19.9. The normalized spacial score (nSPS) is 10.8. The number of rotatable bonds is 8. The first kappa shape index (κ1) is 20.1. The van der Waals surface area contributed by atoms with Crippen LogP contribution in [0.25, 0.3) is 0 Å². The number of anilines is 1. The summed E-state index contributed by atoms with van der Waals surface area (Å²) in [5, 5.41) is 14.3. The Hall–Kier alpha value is -3.22. The van der Waals surface area contributed by atoms with Gasteiger partial charge in [0.2, 0.25) is 0 Å². The molecule has 2 aromatic rings. The number of carbonyl (C=O) groups is 2. The number of hydrogen-bond donors (Lipinski definition) is 3. The minimum absolute atomic E-state index is 0.0103. The predicted octanol–water partition coefficient (Wildman–Crippen LogP) is 4.25. The standard InChI is InChI=1S/C20H24N2O5/c1-20(2,12-11-18(23)24)22-19(25)21-14-7-9-15(10-8-14)27-17-6-4-5-16(13-17)26-3/h4-10,13H,11-12H2,1-3H3,(H,23,24)(H2,21,22,25). The van der Waals surface area contributed by atoms with Gasteiger partial charge in [0, 0.05) is 23.7 Å². The van der Waals surface area contributed by atoms with Gasteiger partial charge in [-0.3, -0.25) is 4.79 Å². The van der Waals surface area contributed by atoms with Gasteiger partial charge in [-0.25, -0.2) is 4.79 Å². The van der Waals surface area contributed by atoms with Crippen LogP contribution in [-0.2, 0) is 4.79 Å². The Labute approximate surface area is 158 Å². The molecular weight excluding hydrogens is 348 g/mol. The van der Waals surface area contributed by atoms with E-state index in [9.17, 15) is 9.59 Å². The quantitative estimate of drug-likeness (QED) is 0.643. The maximum Gasteiger partial charge on any atom is 0.319 e. The van der Waals surface area contributed by atoms with Crippen LogP contribution in [0.4, 0.5) is 10.5 Å². The van der Waals surface area contributed by atoms with E-state index < -0.39 is 17.5 Å². The van der Waals surface area contributed by atoms with Crippen molar-refractivity contribution in [3.8, 4) is 17.2 Å². The van der Waals surface area contributed by atoms with Gasteiger partial charge in [-0.05, 0) is 56.7 Å². The summed E-state index contributed by atoms with van der Waals surface area (Å²) in [5.74, 6) is 1.08. The highest BCUT2D eigenvalue weighted by molar-refractivity contribution is 5.89. The lowest BCUT2D eigenvalue weighted by molar-refractivity contribution is -0.137. The van der Waals surface area contributed by atoms with Gasteiger partial charge in [0.05, 0.1) is 7.11 Å². The second-order valence-corrected chi connectivity index (χ2v) is 6.66. The molecule has 3 N–H and O–H groups in total. The van der Waals surface area contributed by atoms with Crippen LogP contribution in [0.1, 0.15) is 26.7 Å². The smallest absolute Gasteiger partial charge is 0.319 e. The molecule has 0 aliphatic carbocycles. The molecule has 2 amide bonds. The molecule has 0 spiro atoms. The first-order valence-electron chi connectivity index (χ1n) is 8.50. The third kappa shape index (κ3) is 6.89. The van der Waals surface area contributed by atoms with Crippen LogP contribution in [0.5, 0.6) is 17.2 Å². The Balaban J connectivity index is 1.91. The predicted molar refractivity (Wildman–Crippen MR) is 103 cm³/mol. The Morgan fingerprint density at radius 3 is 2.33 bits per heavy atom. The lowest BCUT2D eigenvalue weighted by Gasteiger charge is -2.25. The van der Waals surface area contributed by atoms with Crippen molar-refractivity contribution in [3.63, 3.8) is 0 Å². The minimum atomic E-state index is -0.892. The summed E-state index contributed by atoms with van der Waals surface area (Å²) in [4.78, 5) is 22.8. The van der Waals surface area contributed by atoms with Gasteiger partial charge in [0.25, 0.3) is 0 Å². The highest BCUT2D eigenvalue weighted by Gasteiger charge is 2.21. The van der Waals surface area contributed by atoms with Crippen molar-refractivity contribution < 1.29 is 24.2 Å². The van der Waals surface area contributed by atoms with Crippen molar-refractivity contribution in [2.45, 2.75) is 32.2 Å². The van der Waals surface area contributed by atoms with Gasteiger partial charge in [0.1, 0.15) is 17.2 Å². The Morgan fingerprint density at radius 1 is 1.04 bits per heavy atom. The number of carboxylic acid groups (broad SMARTS) is 1. The summed E-state index contributed by atoms with van der Waals surface area (Å²) < 4.78 is 10.9. The molecule has 0 bridgehead atoms. The fraction of sp³-hybridized carbons (Fsp3) is 0.300. The molecule has 7 heteroatoms. The molecule has 0 atom stereocenters. The van der Waals surface area contributed by atoms with E-state index in [1.165, 1.54) is 0 Å². The van der Waals surface area contributed by atoms with E-state index in [4.69, 9.17) is 14.6 Å². The first-order valence-corrected chi connectivity index (χ1v) is 8.50. The Kier molecular flexibility index (Phi) is 6.65. The molecule has 0 fully saturated rings. The molecule has 27 heavy (non-hydrogen) atoms. The van der Waals surface area contributed by atoms with E-state index in [-0.39, 0.29) is 6.42 Å². The molecule has 2 rings (SSSR count). The highest BCUT2D eigenvalue weighted by atomic mass is 16.5. The average molecular weight is 372 g/mol. The number of aliphatic carboxylic acids is 1. The number of hydrogen-bond acceptors (Lipinski definition) is 4. The van der Waals surface area contributed by atoms with Crippen molar-refractivity contribution in [1.29, 1.82) is 0 Å². The Morgan fingerprint density at radius 2 is 1.70 bits per heavy atom. The van der Waals surface area contributed by atoms with Crippen LogP contribution in [0, 0.1) is 0 Å². The number of carboxylic acids is 1. The van der Waals surface area contributed by atoms with Crippen LogP contribution < -0.4 is 20.1 Å². The van der Waals surface area contributed by atoms with Crippen LogP contribution in [-0.4, -0.2) is 29.8 Å². The maximum atomic E-state index is 12.1. The summed E-state index contributed by atoms with van der Waals surface area (Å²) in [5.41, 5.74) is -0.0303. The third-order valence-electron chi connectivity index (χ3n) is 3.80. The van der Waals surface area contributed by atoms with Crippen molar-refractivity contribution in [1.82, 2.24) is 5.32 Å². The summed E-state index contributed by atoms with van der Waals surface area (Å²) in [6.45, 7) is 3.56. The van der Waals surface area contributed by atoms with Crippen molar-refractivity contribution in [3.05, 3.63) is 48.5 Å². The fourth-order valence-electron chi connectivity index (χ4n) is 2.36. The lowest BCUT2D eigenvalue weighted by Crippen LogP contribution is -2.45. The molecular formula is C20H24N2O5. The van der Waals surface area contributed by atoms with Gasteiger partial charge in [-0.2, -0.15) is 0 Å². The molecule has 0 radical (unpaired) electrons. The molecule has 2 aromatic carbocycles. The van der Waals surface area contributed by atoms with Gasteiger partial charge in [-0.15, -0.1) is 0 Å². The number of ether oxygens (including phenoxy) is 2. The highest BCUT2D eigenvalue weighted by Crippen LogP contribution is 2.26. The van der Waals surface area contributed by atoms with Gasteiger partial charge in [0.15, 0.2) is 0 Å². The fourth-order valence-corrected chi connectivity index (χ4v) is 2.36. The van der Waals surface area contributed by atoms with E-state index in [0.717, 1.165) is 0 Å². The average Bonchev–Trinajstić information content (AvgIpc) is 2.61. The number of nitrogens with one attached hydrogen (secondary N) is 2. The van der Waals surface area contributed by atoms with Gasteiger partial charge in [-0.1, -0.05) is 6.07 Å². The van der Waals surface area contributed by atoms with E-state index >= 15 is 0 Å². The largest absolute Gasteiger partial charge is 0.497 e. The topological polar surface area (TPSA) is 96.9 Å². The second-order valence-electron chi connectivity index (χ2n) is 6.66. The maximum absolute atomic E-state index is 12.1. The molecule has 0 aromatic heterocycles. The van der Waals surface area contributed by atoms with E-state index in [2.05, 4.69) is 10.6 Å². The molecule has 0 saturated carbocycles. The van der Waals surface area contributed by atoms with E-state index in [1.54, 1.807) is 51.3 Å². The molecule has 0 aliphatic heterocycles. The van der Waals surface area contributed by atoms with Gasteiger partial charge >= 0.3 is 12.0 Å². The van der Waals surface area contributed by atoms with Crippen LogP contribution >= 0.6 is 0 Å². The Bertz CT molecular complexity index is 787. The summed E-state index contributed by atoms with van der Waals surface area (Å²) in [7, 11) is 1.59. The number of benzene rings is 2. The number of carbonyl (C=O) groups excluding carboxylic acids is 1. The number of amides is 2. The third-order valence-corrected chi connectivity index (χ3v) is 3.80. The van der Waals surface area contributed by atoms with Crippen molar-refractivity contribution in [2.24, 2.45) is 0 Å². The molecule has 144 valence electrons. The van der Waals surface area contributed by atoms with Crippen molar-refractivity contribution >= 4 is 17.7 Å². The zero-order valence-corrected chi connectivity index (χ0v) is 15.6. The summed E-state index contributed by atoms with van der Waals surface area (Å²) >= 11 is 0. The van der Waals surface area contributed by atoms with E-state index in [1.807, 2.05) is 18.2 Å². The molecule has 0 heterocycles. The minimum Gasteiger partial charge on any atom is -0.497 e. The summed E-state index contributed by atoms with van der Waals surface area (Å²) in [6.07, 6.45) is 0.326. The molecule has 0 unspecified atom stereocenters. The number of methoxy groups -OCH3 is 1. The SMILES string of the molecule is COc1cccc(Oc2ccc(NC(=O)NC(C)(C)CCC(=O)O)cc2)c1. The van der Waals surface area contributed by atoms with Crippen LogP contribution in [0.15, 0.2) is 48.5 Å². The van der Waals surface area contributed by atoms with Gasteiger partial charge < -0.3 is 25.2 Å². The first-order chi connectivity index (χ1) is 12.8. The van der Waals surface area contributed by atoms with Crippen molar-refractivity contribution in [2.75, 3.05) is 12.4 Å². The van der Waals surface area contributed by atoms with Crippen LogP contribution in [0.3, 0.4) is 0 Å².